The van der Waals surface area contributed by atoms with Crippen LogP contribution in [0.4, 0.5) is 5.69 Å². The Morgan fingerprint density at radius 3 is 2.61 bits per heavy atom. The first-order valence-electron chi connectivity index (χ1n) is 6.49. The highest BCUT2D eigenvalue weighted by Crippen LogP contribution is 2.37. The van der Waals surface area contributed by atoms with Crippen LogP contribution in [0.5, 0.6) is 0 Å². The topological polar surface area (TPSA) is 23.6 Å². The molecule has 0 radical (unpaired) electrons. The van der Waals surface area contributed by atoms with E-state index in [1.165, 1.54) is 0 Å². The molecule has 18 heavy (non-hydrogen) atoms. The van der Waals surface area contributed by atoms with Crippen molar-refractivity contribution < 1.29 is 4.79 Å². The fourth-order valence-corrected chi connectivity index (χ4v) is 2.96. The van der Waals surface area contributed by atoms with Gasteiger partial charge in [0.2, 0.25) is 5.78 Å². The summed E-state index contributed by atoms with van der Waals surface area (Å²) in [5, 5.41) is 0. The van der Waals surface area contributed by atoms with Crippen molar-refractivity contribution in [2.45, 2.75) is 18.9 Å². The fraction of sp³-hybridized carbons (Fsp3) is 0.400. The van der Waals surface area contributed by atoms with Crippen LogP contribution >= 0.6 is 0 Å². The predicted octanol–water partition coefficient (Wildman–Crippen LogP) is 2.30. The number of nitrogens with zero attached hydrogens (tertiary/aromatic N) is 2. The van der Waals surface area contributed by atoms with E-state index in [1.54, 1.807) is 0 Å². The molecule has 0 unspecified atom stereocenters. The standard InChI is InChI=1S/C15H18N2O/c1-11-15(18)13-5-3-4-6-14(13)17(11)12-7-9-16(2)10-8-12/h3-6,12H,1,7-10H2,2H3. The van der Waals surface area contributed by atoms with Crippen LogP contribution in [0, 0.1) is 0 Å². The third-order valence-corrected chi connectivity index (χ3v) is 4.01. The van der Waals surface area contributed by atoms with E-state index in [1.807, 2.05) is 24.3 Å². The second kappa shape index (κ2) is 4.25. The maximum absolute atomic E-state index is 12.2. The summed E-state index contributed by atoms with van der Waals surface area (Å²) in [6, 6.07) is 8.26. The normalized spacial score (nSPS) is 21.5. The number of fused-ring (bicyclic) bond motifs is 1. The highest BCUT2D eigenvalue weighted by Gasteiger charge is 2.35. The van der Waals surface area contributed by atoms with Gasteiger partial charge in [0, 0.05) is 11.6 Å². The van der Waals surface area contributed by atoms with Crippen molar-refractivity contribution in [1.82, 2.24) is 4.90 Å². The molecule has 1 aromatic rings. The number of benzene rings is 1. The largest absolute Gasteiger partial charge is 0.335 e. The minimum atomic E-state index is 0.0875. The molecule has 3 nitrogen and oxygen atoms in total. The van der Waals surface area contributed by atoms with Gasteiger partial charge in [-0.1, -0.05) is 18.7 Å². The molecule has 3 rings (SSSR count). The SMILES string of the molecule is C=C1C(=O)c2ccccc2N1C1CCN(C)CC1. The first-order valence-corrected chi connectivity index (χ1v) is 6.49. The van der Waals surface area contributed by atoms with Gasteiger partial charge in [0.25, 0.3) is 0 Å². The van der Waals surface area contributed by atoms with Crippen molar-refractivity contribution in [2.24, 2.45) is 0 Å². The monoisotopic (exact) mass is 242 g/mol. The van der Waals surface area contributed by atoms with E-state index < -0.39 is 0 Å². The van der Waals surface area contributed by atoms with E-state index in [4.69, 9.17) is 0 Å². The average Bonchev–Trinajstić information content (AvgIpc) is 2.64. The van der Waals surface area contributed by atoms with Gasteiger partial charge in [0.1, 0.15) is 0 Å². The van der Waals surface area contributed by atoms with Gasteiger partial charge in [-0.3, -0.25) is 4.79 Å². The molecule has 1 saturated heterocycles. The minimum Gasteiger partial charge on any atom is -0.335 e. The van der Waals surface area contributed by atoms with E-state index in [-0.39, 0.29) is 5.78 Å². The van der Waals surface area contributed by atoms with Crippen molar-refractivity contribution >= 4 is 11.5 Å². The van der Waals surface area contributed by atoms with Crippen LogP contribution in [0.2, 0.25) is 0 Å². The first-order chi connectivity index (χ1) is 8.68. The van der Waals surface area contributed by atoms with E-state index in [2.05, 4.69) is 23.4 Å². The lowest BCUT2D eigenvalue weighted by atomic mass is 10.0. The number of rotatable bonds is 1. The van der Waals surface area contributed by atoms with Gasteiger partial charge in [0.15, 0.2) is 0 Å². The zero-order valence-electron chi connectivity index (χ0n) is 10.7. The molecule has 0 bridgehead atoms. The zero-order chi connectivity index (χ0) is 12.7. The molecular formula is C15H18N2O. The summed E-state index contributed by atoms with van der Waals surface area (Å²) in [5.74, 6) is 0.0875. The van der Waals surface area contributed by atoms with Crippen molar-refractivity contribution in [3.63, 3.8) is 0 Å². The lowest BCUT2D eigenvalue weighted by Crippen LogP contribution is -2.42. The van der Waals surface area contributed by atoms with Crippen LogP contribution in [0.25, 0.3) is 0 Å². The number of hydrogen-bond acceptors (Lipinski definition) is 3. The van der Waals surface area contributed by atoms with E-state index >= 15 is 0 Å². The Morgan fingerprint density at radius 2 is 1.89 bits per heavy atom. The summed E-state index contributed by atoms with van der Waals surface area (Å²) in [4.78, 5) is 16.7. The Hall–Kier alpha value is -1.61. The van der Waals surface area contributed by atoms with E-state index in [0.717, 1.165) is 37.2 Å². The second-order valence-corrected chi connectivity index (χ2v) is 5.20. The van der Waals surface area contributed by atoms with Gasteiger partial charge >= 0.3 is 0 Å². The Kier molecular flexibility index (Phi) is 2.71. The lowest BCUT2D eigenvalue weighted by Gasteiger charge is -2.36. The minimum absolute atomic E-state index is 0.0875. The summed E-state index contributed by atoms with van der Waals surface area (Å²) in [6.07, 6.45) is 2.19. The first kappa shape index (κ1) is 11.5. The van der Waals surface area contributed by atoms with Crippen LogP contribution in [-0.4, -0.2) is 36.9 Å². The molecule has 2 aliphatic rings. The van der Waals surface area contributed by atoms with Crippen LogP contribution in [-0.2, 0) is 0 Å². The smallest absolute Gasteiger partial charge is 0.210 e. The number of carbonyl (C=O) groups excluding carboxylic acids is 1. The Balaban J connectivity index is 1.93. The molecule has 0 N–H and O–H groups in total. The zero-order valence-corrected chi connectivity index (χ0v) is 10.7. The number of para-hydroxylation sites is 1. The van der Waals surface area contributed by atoms with Crippen LogP contribution in [0.1, 0.15) is 23.2 Å². The van der Waals surface area contributed by atoms with Gasteiger partial charge < -0.3 is 9.80 Å². The average molecular weight is 242 g/mol. The van der Waals surface area contributed by atoms with Crippen molar-refractivity contribution in [3.05, 3.63) is 42.1 Å². The van der Waals surface area contributed by atoms with Gasteiger partial charge in [-0.2, -0.15) is 0 Å². The van der Waals surface area contributed by atoms with Crippen molar-refractivity contribution in [1.29, 1.82) is 0 Å². The quantitative estimate of drug-likeness (QED) is 0.706. The number of likely N-dealkylation sites (tertiary alicyclic amines) is 1. The Bertz CT molecular complexity index is 501. The molecular weight excluding hydrogens is 224 g/mol. The Morgan fingerprint density at radius 1 is 1.22 bits per heavy atom. The molecule has 2 heterocycles. The lowest BCUT2D eigenvalue weighted by molar-refractivity contribution is 0.103. The second-order valence-electron chi connectivity index (χ2n) is 5.20. The van der Waals surface area contributed by atoms with E-state index in [9.17, 15) is 4.79 Å². The molecule has 0 spiro atoms. The molecule has 0 saturated carbocycles. The molecule has 0 amide bonds. The summed E-state index contributed by atoms with van der Waals surface area (Å²) in [5.41, 5.74) is 2.49. The molecule has 94 valence electrons. The third-order valence-electron chi connectivity index (χ3n) is 4.01. The van der Waals surface area contributed by atoms with Crippen LogP contribution < -0.4 is 4.90 Å². The van der Waals surface area contributed by atoms with Crippen LogP contribution in [0.15, 0.2) is 36.5 Å². The number of carbonyl (C=O) groups is 1. The van der Waals surface area contributed by atoms with Gasteiger partial charge in [-0.15, -0.1) is 0 Å². The predicted molar refractivity (Wildman–Crippen MR) is 72.9 cm³/mol. The number of allylic oxidation sites excluding steroid dienone is 1. The summed E-state index contributed by atoms with van der Waals surface area (Å²) < 4.78 is 0. The van der Waals surface area contributed by atoms with Gasteiger partial charge in [-0.25, -0.2) is 0 Å². The van der Waals surface area contributed by atoms with Crippen molar-refractivity contribution in [2.75, 3.05) is 25.0 Å². The molecule has 1 fully saturated rings. The van der Waals surface area contributed by atoms with Gasteiger partial charge in [-0.05, 0) is 45.1 Å². The highest BCUT2D eigenvalue weighted by molar-refractivity contribution is 6.18. The maximum Gasteiger partial charge on any atom is 0.210 e. The summed E-state index contributed by atoms with van der Waals surface area (Å²) in [7, 11) is 2.15. The molecule has 0 aromatic heterocycles. The summed E-state index contributed by atoms with van der Waals surface area (Å²) in [6.45, 7) is 6.16. The molecule has 0 aliphatic carbocycles. The third kappa shape index (κ3) is 1.66. The maximum atomic E-state index is 12.2. The number of Topliss-reactive ketones (excluding diaryl/α,β-unsaturated/α-hetero) is 1. The molecule has 1 aromatic carbocycles. The molecule has 0 atom stereocenters. The number of ketones is 1. The van der Waals surface area contributed by atoms with Crippen LogP contribution in [0.3, 0.4) is 0 Å². The number of piperidine rings is 1. The number of anilines is 1. The Labute approximate surface area is 108 Å². The highest BCUT2D eigenvalue weighted by atomic mass is 16.1. The molecule has 3 heteroatoms. The summed E-state index contributed by atoms with van der Waals surface area (Å²) >= 11 is 0. The van der Waals surface area contributed by atoms with Gasteiger partial charge in [0.05, 0.1) is 11.4 Å². The fourth-order valence-electron chi connectivity index (χ4n) is 2.96. The molecule has 2 aliphatic heterocycles. The van der Waals surface area contributed by atoms with E-state index in [0.29, 0.717) is 11.7 Å². The number of hydrogen-bond donors (Lipinski definition) is 0. The van der Waals surface area contributed by atoms with Crippen molar-refractivity contribution in [3.8, 4) is 0 Å².